The fraction of sp³-hybridized carbons (Fsp3) is 0.188. The first-order chi connectivity index (χ1) is 10.6. The maximum absolute atomic E-state index is 12.0. The number of hydrogen-bond donors (Lipinski definition) is 0. The summed E-state index contributed by atoms with van der Waals surface area (Å²) in [7, 11) is -3.20. The second-order valence-corrected chi connectivity index (χ2v) is 7.00. The van der Waals surface area contributed by atoms with E-state index in [9.17, 15) is 13.2 Å². The molecule has 1 heterocycles. The Kier molecular flexibility index (Phi) is 3.85. The van der Waals surface area contributed by atoms with Crippen LogP contribution in [0.15, 0.2) is 54.6 Å². The molecule has 0 bridgehead atoms. The molecule has 0 aromatic heterocycles. The summed E-state index contributed by atoms with van der Waals surface area (Å²) in [5.74, 6) is 0.172. The van der Waals surface area contributed by atoms with E-state index in [1.165, 1.54) is 4.31 Å². The normalized spacial score (nSPS) is 16.5. The zero-order chi connectivity index (χ0) is 15.6. The van der Waals surface area contributed by atoms with Crippen LogP contribution >= 0.6 is 0 Å². The predicted molar refractivity (Wildman–Crippen MR) is 83.6 cm³/mol. The number of carbonyl (C=O) groups is 1. The Morgan fingerprint density at radius 3 is 2.27 bits per heavy atom. The number of para-hydroxylation sites is 1. The van der Waals surface area contributed by atoms with Gasteiger partial charge >= 0.3 is 5.97 Å². The van der Waals surface area contributed by atoms with E-state index in [1.807, 2.05) is 6.07 Å². The summed E-state index contributed by atoms with van der Waals surface area (Å²) in [4.78, 5) is 12.0. The van der Waals surface area contributed by atoms with Crippen LogP contribution in [0.2, 0.25) is 0 Å². The molecule has 3 rings (SSSR count). The van der Waals surface area contributed by atoms with Crippen LogP contribution in [0.25, 0.3) is 0 Å². The van der Waals surface area contributed by atoms with Crippen LogP contribution in [0.4, 0.5) is 5.69 Å². The summed E-state index contributed by atoms with van der Waals surface area (Å²) in [5.41, 5.74) is 0.956. The van der Waals surface area contributed by atoms with Crippen LogP contribution in [-0.2, 0) is 10.0 Å². The van der Waals surface area contributed by atoms with Crippen molar-refractivity contribution < 1.29 is 17.9 Å². The van der Waals surface area contributed by atoms with E-state index in [4.69, 9.17) is 4.74 Å². The van der Waals surface area contributed by atoms with Gasteiger partial charge in [-0.3, -0.25) is 4.31 Å². The molecule has 0 N–H and O–H groups in total. The smallest absolute Gasteiger partial charge is 0.343 e. The Hall–Kier alpha value is -2.34. The highest BCUT2D eigenvalue weighted by molar-refractivity contribution is 7.93. The maximum atomic E-state index is 12.0. The molecule has 0 amide bonds. The van der Waals surface area contributed by atoms with Crippen LogP contribution in [0.3, 0.4) is 0 Å². The zero-order valence-electron chi connectivity index (χ0n) is 11.8. The fourth-order valence-corrected chi connectivity index (χ4v) is 3.91. The lowest BCUT2D eigenvalue weighted by atomic mass is 10.2. The molecule has 1 fully saturated rings. The Morgan fingerprint density at radius 1 is 1.00 bits per heavy atom. The lowest BCUT2D eigenvalue weighted by Gasteiger charge is -2.16. The topological polar surface area (TPSA) is 63.7 Å². The molecule has 0 spiro atoms. The monoisotopic (exact) mass is 317 g/mol. The average molecular weight is 317 g/mol. The van der Waals surface area contributed by atoms with Crippen molar-refractivity contribution >= 4 is 21.7 Å². The Bertz CT molecular complexity index is 770. The molecule has 114 valence electrons. The highest BCUT2D eigenvalue weighted by atomic mass is 32.2. The van der Waals surface area contributed by atoms with Crippen molar-refractivity contribution in [1.29, 1.82) is 0 Å². The highest BCUT2D eigenvalue weighted by Gasteiger charge is 2.28. The van der Waals surface area contributed by atoms with E-state index < -0.39 is 16.0 Å². The zero-order valence-corrected chi connectivity index (χ0v) is 12.6. The molecule has 2 aromatic carbocycles. The highest BCUT2D eigenvalue weighted by Crippen LogP contribution is 2.24. The van der Waals surface area contributed by atoms with Crippen molar-refractivity contribution in [3.8, 4) is 5.75 Å². The second kappa shape index (κ2) is 5.81. The lowest BCUT2D eigenvalue weighted by Crippen LogP contribution is -2.25. The molecule has 0 unspecified atom stereocenters. The third kappa shape index (κ3) is 2.96. The SMILES string of the molecule is O=C(Oc1ccccc1)c1ccc(N2CCCS2(=O)=O)cc1. The van der Waals surface area contributed by atoms with Gasteiger partial charge in [-0.1, -0.05) is 18.2 Å². The number of esters is 1. The molecule has 1 aliphatic heterocycles. The first-order valence-electron chi connectivity index (χ1n) is 6.94. The summed E-state index contributed by atoms with van der Waals surface area (Å²) in [6, 6.07) is 15.2. The Balaban J connectivity index is 1.75. The van der Waals surface area contributed by atoms with E-state index in [-0.39, 0.29) is 5.75 Å². The molecule has 5 nitrogen and oxygen atoms in total. The molecular weight excluding hydrogens is 302 g/mol. The summed E-state index contributed by atoms with van der Waals surface area (Å²) in [6.45, 7) is 0.482. The van der Waals surface area contributed by atoms with Gasteiger partial charge in [-0.25, -0.2) is 13.2 Å². The van der Waals surface area contributed by atoms with Crippen molar-refractivity contribution in [3.05, 3.63) is 60.2 Å². The molecule has 22 heavy (non-hydrogen) atoms. The second-order valence-electron chi connectivity index (χ2n) is 4.99. The average Bonchev–Trinajstić information content (AvgIpc) is 2.88. The van der Waals surface area contributed by atoms with Crippen LogP contribution in [0.1, 0.15) is 16.8 Å². The van der Waals surface area contributed by atoms with Gasteiger partial charge in [-0.05, 0) is 42.8 Å². The molecule has 6 heteroatoms. The molecule has 2 aromatic rings. The van der Waals surface area contributed by atoms with Gasteiger partial charge in [0, 0.05) is 6.54 Å². The molecule has 0 radical (unpaired) electrons. The number of benzene rings is 2. The largest absolute Gasteiger partial charge is 0.423 e. The van der Waals surface area contributed by atoms with Gasteiger partial charge in [0.05, 0.1) is 17.0 Å². The van der Waals surface area contributed by atoms with E-state index in [0.717, 1.165) is 0 Å². The van der Waals surface area contributed by atoms with E-state index in [2.05, 4.69) is 0 Å². The van der Waals surface area contributed by atoms with Crippen molar-refractivity contribution in [2.45, 2.75) is 6.42 Å². The molecule has 1 saturated heterocycles. The molecule has 1 aliphatic rings. The third-order valence-electron chi connectivity index (χ3n) is 3.44. The summed E-state index contributed by atoms with van der Waals surface area (Å²) < 4.78 is 30.3. The van der Waals surface area contributed by atoms with Gasteiger partial charge in [0.2, 0.25) is 10.0 Å². The molecule has 0 saturated carbocycles. The van der Waals surface area contributed by atoms with Gasteiger partial charge < -0.3 is 4.74 Å². The van der Waals surface area contributed by atoms with Crippen LogP contribution in [0.5, 0.6) is 5.75 Å². The van der Waals surface area contributed by atoms with Crippen LogP contribution in [0, 0.1) is 0 Å². The van der Waals surface area contributed by atoms with Crippen LogP contribution < -0.4 is 9.04 Å². The van der Waals surface area contributed by atoms with Crippen molar-refractivity contribution in [2.24, 2.45) is 0 Å². The number of nitrogens with zero attached hydrogens (tertiary/aromatic N) is 1. The first kappa shape index (κ1) is 14.6. The lowest BCUT2D eigenvalue weighted by molar-refractivity contribution is 0.0735. The van der Waals surface area contributed by atoms with E-state index in [1.54, 1.807) is 48.5 Å². The minimum Gasteiger partial charge on any atom is -0.423 e. The predicted octanol–water partition coefficient (Wildman–Crippen LogP) is 2.45. The molecule has 0 aliphatic carbocycles. The third-order valence-corrected chi connectivity index (χ3v) is 5.31. The van der Waals surface area contributed by atoms with Crippen molar-refractivity contribution in [3.63, 3.8) is 0 Å². The van der Waals surface area contributed by atoms with Gasteiger partial charge in [0.1, 0.15) is 5.75 Å². The maximum Gasteiger partial charge on any atom is 0.343 e. The molecular formula is C16H15NO4S. The van der Waals surface area contributed by atoms with Gasteiger partial charge in [0.25, 0.3) is 0 Å². The minimum atomic E-state index is -3.20. The number of hydrogen-bond acceptors (Lipinski definition) is 4. The standard InChI is InChI=1S/C16H15NO4S/c18-16(21-15-5-2-1-3-6-15)13-7-9-14(10-8-13)17-11-4-12-22(17,19)20/h1-3,5-10H,4,11-12H2. The number of sulfonamides is 1. The summed E-state index contributed by atoms with van der Waals surface area (Å²) in [6.07, 6.45) is 0.625. The molecule has 0 atom stereocenters. The van der Waals surface area contributed by atoms with E-state index in [0.29, 0.717) is 30.0 Å². The fourth-order valence-electron chi connectivity index (χ4n) is 2.35. The summed E-state index contributed by atoms with van der Waals surface area (Å²) in [5, 5.41) is 0. The van der Waals surface area contributed by atoms with Gasteiger partial charge in [-0.15, -0.1) is 0 Å². The van der Waals surface area contributed by atoms with E-state index >= 15 is 0 Å². The first-order valence-corrected chi connectivity index (χ1v) is 8.55. The van der Waals surface area contributed by atoms with Gasteiger partial charge in [0.15, 0.2) is 0 Å². The number of anilines is 1. The Labute approximate surface area is 129 Å². The van der Waals surface area contributed by atoms with Crippen molar-refractivity contribution in [2.75, 3.05) is 16.6 Å². The van der Waals surface area contributed by atoms with Crippen molar-refractivity contribution in [1.82, 2.24) is 0 Å². The minimum absolute atomic E-state index is 0.171. The number of carbonyl (C=O) groups excluding carboxylic acids is 1. The summed E-state index contributed by atoms with van der Waals surface area (Å²) >= 11 is 0. The number of rotatable bonds is 3. The van der Waals surface area contributed by atoms with Crippen LogP contribution in [-0.4, -0.2) is 26.7 Å². The van der Waals surface area contributed by atoms with Gasteiger partial charge in [-0.2, -0.15) is 0 Å². The Morgan fingerprint density at radius 2 is 1.68 bits per heavy atom. The quantitative estimate of drug-likeness (QED) is 0.644. The number of ether oxygens (including phenoxy) is 1.